The Morgan fingerprint density at radius 3 is 2.79 bits per heavy atom. The molecule has 0 aromatic carbocycles. The fraction of sp³-hybridized carbons (Fsp3) is 0.917. The van der Waals surface area contributed by atoms with E-state index in [9.17, 15) is 4.79 Å². The number of unbranched alkanes of at least 4 members (excludes halogenated alkanes) is 3. The summed E-state index contributed by atoms with van der Waals surface area (Å²) in [4.78, 5) is 11.3. The fourth-order valence-electron chi connectivity index (χ4n) is 2.05. The first-order valence-electron chi connectivity index (χ1n) is 5.82. The number of rotatable bonds is 5. The Labute approximate surface area is 87.0 Å². The highest BCUT2D eigenvalue weighted by Gasteiger charge is 2.31. The van der Waals surface area contributed by atoms with Crippen LogP contribution in [0.25, 0.3) is 0 Å². The lowest BCUT2D eigenvalue weighted by molar-refractivity contribution is -0.138. The molecule has 14 heavy (non-hydrogen) atoms. The first-order chi connectivity index (χ1) is 6.66. The van der Waals surface area contributed by atoms with Crippen LogP contribution in [0.4, 0.5) is 0 Å². The number of hydrogen-bond acceptors (Lipinski definition) is 2. The van der Waals surface area contributed by atoms with E-state index < -0.39 is 0 Å². The third-order valence-corrected chi connectivity index (χ3v) is 2.96. The largest absolute Gasteiger partial charge is 0.374 e. The SMILES string of the molecule is CCCCCCC1(C)CC(=O)CCO1. The van der Waals surface area contributed by atoms with Crippen molar-refractivity contribution in [3.63, 3.8) is 0 Å². The van der Waals surface area contributed by atoms with Crippen LogP contribution in [0.15, 0.2) is 0 Å². The molecule has 2 heteroatoms. The van der Waals surface area contributed by atoms with Gasteiger partial charge in [0.15, 0.2) is 0 Å². The summed E-state index contributed by atoms with van der Waals surface area (Å²) in [6.45, 7) is 4.92. The van der Waals surface area contributed by atoms with Gasteiger partial charge in [-0.2, -0.15) is 0 Å². The first kappa shape index (κ1) is 11.7. The summed E-state index contributed by atoms with van der Waals surface area (Å²) < 4.78 is 5.70. The van der Waals surface area contributed by atoms with E-state index in [2.05, 4.69) is 13.8 Å². The van der Waals surface area contributed by atoms with Gasteiger partial charge in [-0.05, 0) is 13.3 Å². The minimum Gasteiger partial charge on any atom is -0.374 e. The van der Waals surface area contributed by atoms with Gasteiger partial charge in [0.25, 0.3) is 0 Å². The minimum atomic E-state index is -0.150. The average molecular weight is 198 g/mol. The van der Waals surface area contributed by atoms with E-state index in [1.807, 2.05) is 0 Å². The van der Waals surface area contributed by atoms with Gasteiger partial charge in [-0.3, -0.25) is 4.79 Å². The van der Waals surface area contributed by atoms with E-state index in [1.165, 1.54) is 25.7 Å². The van der Waals surface area contributed by atoms with Gasteiger partial charge in [0.05, 0.1) is 12.2 Å². The molecular formula is C12H22O2. The first-order valence-corrected chi connectivity index (χ1v) is 5.82. The smallest absolute Gasteiger partial charge is 0.138 e. The molecule has 1 unspecified atom stereocenters. The lowest BCUT2D eigenvalue weighted by atomic mass is 9.89. The predicted octanol–water partition coefficient (Wildman–Crippen LogP) is 3.10. The van der Waals surface area contributed by atoms with Gasteiger partial charge in [0.2, 0.25) is 0 Å². The van der Waals surface area contributed by atoms with Crippen LogP contribution in [0.2, 0.25) is 0 Å². The summed E-state index contributed by atoms with van der Waals surface area (Å²) >= 11 is 0. The van der Waals surface area contributed by atoms with Crippen LogP contribution < -0.4 is 0 Å². The zero-order valence-corrected chi connectivity index (χ0v) is 9.47. The van der Waals surface area contributed by atoms with Gasteiger partial charge in [-0.15, -0.1) is 0 Å². The Morgan fingerprint density at radius 1 is 1.36 bits per heavy atom. The van der Waals surface area contributed by atoms with Gasteiger partial charge < -0.3 is 4.74 Å². The van der Waals surface area contributed by atoms with Crippen molar-refractivity contribution in [2.45, 2.75) is 64.4 Å². The molecule has 1 atom stereocenters. The second-order valence-electron chi connectivity index (χ2n) is 4.57. The molecule has 0 spiro atoms. The molecule has 0 bridgehead atoms. The lowest BCUT2D eigenvalue weighted by Crippen LogP contribution is -2.37. The number of Topliss-reactive ketones (excluding diaryl/α,β-unsaturated/α-hetero) is 1. The molecule has 1 heterocycles. The normalized spacial score (nSPS) is 28.0. The van der Waals surface area contributed by atoms with E-state index in [1.54, 1.807) is 0 Å². The third kappa shape index (κ3) is 3.79. The molecule has 0 radical (unpaired) electrons. The number of ether oxygens (including phenoxy) is 1. The standard InChI is InChI=1S/C12H22O2/c1-3-4-5-6-8-12(2)10-11(13)7-9-14-12/h3-10H2,1-2H3. The van der Waals surface area contributed by atoms with Crippen molar-refractivity contribution in [2.24, 2.45) is 0 Å². The molecule has 0 N–H and O–H groups in total. The van der Waals surface area contributed by atoms with Gasteiger partial charge in [-0.1, -0.05) is 32.6 Å². The number of hydrogen-bond donors (Lipinski definition) is 0. The van der Waals surface area contributed by atoms with Gasteiger partial charge >= 0.3 is 0 Å². The highest BCUT2D eigenvalue weighted by molar-refractivity contribution is 5.80. The van der Waals surface area contributed by atoms with Crippen molar-refractivity contribution in [3.05, 3.63) is 0 Å². The molecule has 1 rings (SSSR count). The summed E-state index contributed by atoms with van der Waals surface area (Å²) in [7, 11) is 0. The van der Waals surface area contributed by atoms with Crippen molar-refractivity contribution < 1.29 is 9.53 Å². The van der Waals surface area contributed by atoms with Crippen molar-refractivity contribution in [3.8, 4) is 0 Å². The average Bonchev–Trinajstić information content (AvgIpc) is 2.12. The fourth-order valence-corrected chi connectivity index (χ4v) is 2.05. The number of ketones is 1. The maximum absolute atomic E-state index is 11.3. The van der Waals surface area contributed by atoms with Gasteiger partial charge in [0.1, 0.15) is 5.78 Å². The summed E-state index contributed by atoms with van der Waals surface area (Å²) in [6.07, 6.45) is 7.30. The molecule has 0 aromatic rings. The summed E-state index contributed by atoms with van der Waals surface area (Å²) in [5.41, 5.74) is -0.150. The molecule has 0 aromatic heterocycles. The zero-order valence-electron chi connectivity index (χ0n) is 9.47. The minimum absolute atomic E-state index is 0.150. The molecule has 1 aliphatic heterocycles. The van der Waals surface area contributed by atoms with Crippen molar-refractivity contribution in [1.82, 2.24) is 0 Å². The highest BCUT2D eigenvalue weighted by atomic mass is 16.5. The molecule has 1 saturated heterocycles. The van der Waals surface area contributed by atoms with Crippen LogP contribution in [0.5, 0.6) is 0 Å². The Bertz CT molecular complexity index is 189. The van der Waals surface area contributed by atoms with Crippen molar-refractivity contribution in [1.29, 1.82) is 0 Å². The van der Waals surface area contributed by atoms with E-state index in [0.717, 1.165) is 6.42 Å². The summed E-state index contributed by atoms with van der Waals surface area (Å²) in [5.74, 6) is 0.370. The van der Waals surface area contributed by atoms with Crippen LogP contribution in [-0.2, 0) is 9.53 Å². The third-order valence-electron chi connectivity index (χ3n) is 2.96. The molecule has 82 valence electrons. The molecule has 2 nitrogen and oxygen atoms in total. The van der Waals surface area contributed by atoms with Crippen LogP contribution in [0.3, 0.4) is 0 Å². The van der Waals surface area contributed by atoms with Crippen LogP contribution >= 0.6 is 0 Å². The molecule has 1 aliphatic rings. The zero-order chi connectivity index (χ0) is 10.4. The van der Waals surface area contributed by atoms with E-state index in [4.69, 9.17) is 4.74 Å². The molecule has 0 saturated carbocycles. The molecular weight excluding hydrogens is 176 g/mol. The molecule has 0 amide bonds. The Balaban J connectivity index is 2.23. The topological polar surface area (TPSA) is 26.3 Å². The van der Waals surface area contributed by atoms with E-state index in [-0.39, 0.29) is 5.60 Å². The maximum atomic E-state index is 11.3. The van der Waals surface area contributed by atoms with Crippen LogP contribution in [-0.4, -0.2) is 18.0 Å². The van der Waals surface area contributed by atoms with E-state index >= 15 is 0 Å². The summed E-state index contributed by atoms with van der Waals surface area (Å²) in [5, 5.41) is 0. The second-order valence-corrected chi connectivity index (χ2v) is 4.57. The van der Waals surface area contributed by atoms with Crippen molar-refractivity contribution >= 4 is 5.78 Å². The summed E-state index contributed by atoms with van der Waals surface area (Å²) in [6, 6.07) is 0. The van der Waals surface area contributed by atoms with Gasteiger partial charge in [-0.25, -0.2) is 0 Å². The Morgan fingerprint density at radius 2 is 2.14 bits per heavy atom. The number of carbonyl (C=O) groups excluding carboxylic acids is 1. The molecule has 1 fully saturated rings. The Hall–Kier alpha value is -0.370. The van der Waals surface area contributed by atoms with Crippen molar-refractivity contribution in [2.75, 3.05) is 6.61 Å². The van der Waals surface area contributed by atoms with Gasteiger partial charge in [0, 0.05) is 12.8 Å². The highest BCUT2D eigenvalue weighted by Crippen LogP contribution is 2.27. The second kappa shape index (κ2) is 5.50. The molecule has 0 aliphatic carbocycles. The van der Waals surface area contributed by atoms with Crippen LogP contribution in [0.1, 0.15) is 58.8 Å². The Kier molecular flexibility index (Phi) is 4.59. The maximum Gasteiger partial charge on any atom is 0.138 e. The quantitative estimate of drug-likeness (QED) is 0.634. The number of carbonyl (C=O) groups is 1. The lowest BCUT2D eigenvalue weighted by Gasteiger charge is -2.33. The monoisotopic (exact) mass is 198 g/mol. The van der Waals surface area contributed by atoms with Crippen LogP contribution in [0, 0.1) is 0 Å². The van der Waals surface area contributed by atoms with E-state index in [0.29, 0.717) is 25.2 Å². The predicted molar refractivity (Wildman–Crippen MR) is 57.4 cm³/mol.